The molecule has 3 aromatic rings. The van der Waals surface area contributed by atoms with Gasteiger partial charge in [0, 0.05) is 44.4 Å². The topological polar surface area (TPSA) is 84.6 Å². The van der Waals surface area contributed by atoms with Gasteiger partial charge in [0.25, 0.3) is 0 Å². The molecule has 1 fully saturated rings. The van der Waals surface area contributed by atoms with Crippen LogP contribution in [0, 0.1) is 5.82 Å². The lowest BCUT2D eigenvalue weighted by molar-refractivity contribution is 0.147. The van der Waals surface area contributed by atoms with Crippen LogP contribution in [-0.2, 0) is 24.8 Å². The van der Waals surface area contributed by atoms with Gasteiger partial charge in [0.2, 0.25) is 5.88 Å². The lowest BCUT2D eigenvalue weighted by Gasteiger charge is -2.35. The average Bonchev–Trinajstić information content (AvgIpc) is 3.19. The summed E-state index contributed by atoms with van der Waals surface area (Å²) in [6.07, 6.45) is 9.90. The number of rotatable bonds is 3. The second-order valence-corrected chi connectivity index (χ2v) is 12.6. The van der Waals surface area contributed by atoms with Crippen molar-refractivity contribution >= 4 is 11.9 Å². The van der Waals surface area contributed by atoms with Crippen molar-refractivity contribution < 1.29 is 13.9 Å². The van der Waals surface area contributed by atoms with E-state index in [1.165, 1.54) is 47.3 Å². The number of amides is 1. The summed E-state index contributed by atoms with van der Waals surface area (Å²) < 4.78 is 19.5. The molecule has 3 aliphatic carbocycles. The number of piperazine rings is 1. The van der Waals surface area contributed by atoms with Gasteiger partial charge in [-0.2, -0.15) is 0 Å². The number of aryl methyl sites for hydroxylation is 1. The number of carbonyl (C=O) groups excluding carboxylic acids is 1. The molecule has 1 saturated heterocycles. The molecule has 7 nitrogen and oxygen atoms in total. The Morgan fingerprint density at radius 3 is 2.48 bits per heavy atom. The number of nitrogens with zero attached hydrogens (tertiary/aromatic N) is 4. The Morgan fingerprint density at radius 1 is 0.977 bits per heavy atom. The summed E-state index contributed by atoms with van der Waals surface area (Å²) >= 11 is 0. The Kier molecular flexibility index (Phi) is 7.49. The van der Waals surface area contributed by atoms with Gasteiger partial charge in [0.15, 0.2) is 0 Å². The summed E-state index contributed by atoms with van der Waals surface area (Å²) in [7, 11) is 0. The number of aromatic nitrogens is 2. The second kappa shape index (κ2) is 11.5. The van der Waals surface area contributed by atoms with Crippen molar-refractivity contribution in [3.05, 3.63) is 93.6 Å². The first kappa shape index (κ1) is 28.7. The first-order valence-electron chi connectivity index (χ1n) is 16.0. The number of hydrogen-bond acceptors (Lipinski definition) is 6. The van der Waals surface area contributed by atoms with E-state index >= 15 is 0 Å². The predicted molar refractivity (Wildman–Crippen MR) is 170 cm³/mol. The number of nitrogens with two attached hydrogens (primary N) is 1. The minimum Gasteiger partial charge on any atom is -0.391 e. The Hall–Kier alpha value is -4.04. The van der Waals surface area contributed by atoms with Crippen LogP contribution in [0.3, 0.4) is 0 Å². The van der Waals surface area contributed by atoms with Gasteiger partial charge in [-0.15, -0.1) is 0 Å². The Labute approximate surface area is 258 Å². The minimum atomic E-state index is -0.548. The van der Waals surface area contributed by atoms with Gasteiger partial charge in [-0.1, -0.05) is 36.6 Å². The van der Waals surface area contributed by atoms with E-state index in [1.807, 2.05) is 25.1 Å². The predicted octanol–water partition coefficient (Wildman–Crippen LogP) is 6.64. The van der Waals surface area contributed by atoms with E-state index in [2.05, 4.69) is 24.0 Å². The maximum Gasteiger partial charge on any atom is 0.416 e. The first-order chi connectivity index (χ1) is 21.3. The van der Waals surface area contributed by atoms with Gasteiger partial charge in [-0.3, -0.25) is 0 Å². The molecular formula is C36H40FN5O2. The molecule has 1 unspecified atom stereocenters. The van der Waals surface area contributed by atoms with Crippen molar-refractivity contribution in [3.63, 3.8) is 0 Å². The fourth-order valence-corrected chi connectivity index (χ4v) is 7.65. The van der Waals surface area contributed by atoms with Crippen LogP contribution in [0.4, 0.5) is 15.0 Å². The van der Waals surface area contributed by atoms with Crippen LogP contribution in [0.25, 0.3) is 11.1 Å². The lowest BCUT2D eigenvalue weighted by Crippen LogP contribution is -2.50. The Morgan fingerprint density at radius 2 is 1.73 bits per heavy atom. The highest BCUT2D eigenvalue weighted by atomic mass is 19.1. The molecule has 0 spiro atoms. The van der Waals surface area contributed by atoms with Gasteiger partial charge in [0.1, 0.15) is 11.6 Å². The number of ether oxygens (including phenoxy) is 1. The number of benzene rings is 1. The smallest absolute Gasteiger partial charge is 0.391 e. The summed E-state index contributed by atoms with van der Waals surface area (Å²) in [5, 5.41) is 0. The molecule has 0 radical (unpaired) electrons. The number of anilines is 1. The van der Waals surface area contributed by atoms with Crippen molar-refractivity contribution in [2.45, 2.75) is 70.8 Å². The van der Waals surface area contributed by atoms with E-state index in [0.29, 0.717) is 38.5 Å². The van der Waals surface area contributed by atoms with E-state index in [4.69, 9.17) is 20.4 Å². The first-order valence-corrected chi connectivity index (χ1v) is 16.0. The molecule has 228 valence electrons. The van der Waals surface area contributed by atoms with E-state index < -0.39 is 5.54 Å². The molecule has 2 aromatic heterocycles. The summed E-state index contributed by atoms with van der Waals surface area (Å²) in [5.41, 5.74) is 16.6. The van der Waals surface area contributed by atoms with Gasteiger partial charge >= 0.3 is 6.09 Å². The molecule has 2 N–H and O–H groups in total. The highest BCUT2D eigenvalue weighted by Gasteiger charge is 2.45. The zero-order chi connectivity index (χ0) is 30.4. The average molecular weight is 594 g/mol. The molecular weight excluding hydrogens is 553 g/mol. The van der Waals surface area contributed by atoms with E-state index in [-0.39, 0.29) is 11.9 Å². The van der Waals surface area contributed by atoms with E-state index in [9.17, 15) is 9.18 Å². The molecule has 1 aliphatic heterocycles. The van der Waals surface area contributed by atoms with Crippen molar-refractivity contribution in [1.82, 2.24) is 14.9 Å². The summed E-state index contributed by atoms with van der Waals surface area (Å²) in [6, 6.07) is 12.7. The number of pyridine rings is 2. The number of halogens is 1. The molecule has 44 heavy (non-hydrogen) atoms. The third kappa shape index (κ3) is 5.09. The number of hydrogen-bond donors (Lipinski definition) is 1. The number of allylic oxidation sites excluding steroid dienone is 1. The van der Waals surface area contributed by atoms with Crippen LogP contribution in [0.15, 0.2) is 65.3 Å². The minimum absolute atomic E-state index is 0.231. The molecule has 0 saturated carbocycles. The lowest BCUT2D eigenvalue weighted by atomic mass is 9.76. The third-order valence-electron chi connectivity index (χ3n) is 9.92. The maximum atomic E-state index is 13.8. The second-order valence-electron chi connectivity index (χ2n) is 12.6. The van der Waals surface area contributed by atoms with Gasteiger partial charge in [-0.05, 0) is 104 Å². The molecule has 2 bridgehead atoms. The third-order valence-corrected chi connectivity index (χ3v) is 9.92. The quantitative estimate of drug-likeness (QED) is 0.367. The number of fused-ring (bicyclic) bond motifs is 5. The molecule has 1 amide bonds. The zero-order valence-electron chi connectivity index (χ0n) is 25.7. The standard InChI is InChI=1S/C36H40FN5O2/c1-3-29-27-20-32-30(36(29,38)22-23(27)2)14-15-34(40-32)44-35(43)42-18-16-41(17-19-42)33-21-28(24-10-12-25(37)13-11-24)26-8-6-4-5-7-9-31(26)39-33/h3,10-15,21H,4-9,16-20,22,38H2,1-2H3/b29-3+. The highest BCUT2D eigenvalue weighted by molar-refractivity contribution is 5.73. The molecule has 3 heterocycles. The van der Waals surface area contributed by atoms with Crippen LogP contribution in [-0.4, -0.2) is 47.1 Å². The molecule has 1 aromatic carbocycles. The van der Waals surface area contributed by atoms with Gasteiger partial charge in [0.05, 0.1) is 11.2 Å². The van der Waals surface area contributed by atoms with Crippen LogP contribution in [0.2, 0.25) is 0 Å². The fraction of sp³-hybridized carbons (Fsp3) is 0.417. The number of carbonyl (C=O) groups is 1. The van der Waals surface area contributed by atoms with Crippen LogP contribution < -0.4 is 15.4 Å². The molecule has 4 aliphatic rings. The monoisotopic (exact) mass is 593 g/mol. The van der Waals surface area contributed by atoms with E-state index in [0.717, 1.165) is 66.0 Å². The van der Waals surface area contributed by atoms with Gasteiger partial charge < -0.3 is 20.3 Å². The molecule has 7 rings (SSSR count). The van der Waals surface area contributed by atoms with Crippen molar-refractivity contribution in [3.8, 4) is 17.0 Å². The van der Waals surface area contributed by atoms with Crippen LogP contribution in [0.1, 0.15) is 68.5 Å². The van der Waals surface area contributed by atoms with E-state index in [1.54, 1.807) is 11.0 Å². The van der Waals surface area contributed by atoms with Crippen LogP contribution >= 0.6 is 0 Å². The van der Waals surface area contributed by atoms with Crippen molar-refractivity contribution in [2.24, 2.45) is 5.73 Å². The largest absolute Gasteiger partial charge is 0.416 e. The summed E-state index contributed by atoms with van der Waals surface area (Å²) in [5.74, 6) is 1.00. The highest BCUT2D eigenvalue weighted by Crippen LogP contribution is 2.50. The normalized spacial score (nSPS) is 22.4. The van der Waals surface area contributed by atoms with Crippen LogP contribution in [0.5, 0.6) is 5.88 Å². The Balaban J connectivity index is 1.06. The Bertz CT molecular complexity index is 1670. The zero-order valence-corrected chi connectivity index (χ0v) is 25.7. The SMILES string of the molecule is C/C=C1\C2=C(C)CC1(N)c1ccc(OC(=O)N3CCN(c4cc(-c5ccc(F)cc5)c5c(n4)CCCCCC5)CC3)nc1C2. The van der Waals surface area contributed by atoms with Crippen molar-refractivity contribution in [2.75, 3.05) is 31.1 Å². The van der Waals surface area contributed by atoms with Gasteiger partial charge in [-0.25, -0.2) is 19.2 Å². The summed E-state index contributed by atoms with van der Waals surface area (Å²) in [6.45, 7) is 6.53. The van der Waals surface area contributed by atoms with Crippen molar-refractivity contribution in [1.29, 1.82) is 0 Å². The summed E-state index contributed by atoms with van der Waals surface area (Å²) in [4.78, 5) is 27.1. The maximum absolute atomic E-state index is 13.8. The molecule has 1 atom stereocenters. The molecule has 8 heteroatoms. The fourth-order valence-electron chi connectivity index (χ4n) is 7.65.